The third-order valence-electron chi connectivity index (χ3n) is 1.25. The number of rotatable bonds is 0. The zero-order valence-electron chi connectivity index (χ0n) is 5.76. The molecule has 0 saturated carbocycles. The standard InChI is InChI=1S/C5H5N5.Co.Fe/c6-4-3-5(9-1-7-3)10-2-8-4;;/h1-2H,(H3,6,7,8,9,10);;. The number of H-pyrrole nitrogens is 1. The van der Waals surface area contributed by atoms with Crippen LogP contribution in [0.4, 0.5) is 5.82 Å². The summed E-state index contributed by atoms with van der Waals surface area (Å²) in [6, 6.07) is 0. The van der Waals surface area contributed by atoms with Crippen LogP contribution in [0.2, 0.25) is 0 Å². The minimum Gasteiger partial charge on any atom is -0.382 e. The molecule has 7 heteroatoms. The second-order valence-electron chi connectivity index (χ2n) is 1.86. The summed E-state index contributed by atoms with van der Waals surface area (Å²) in [5, 5.41) is 0. The van der Waals surface area contributed by atoms with Crippen molar-refractivity contribution in [1.82, 2.24) is 19.9 Å². The largest absolute Gasteiger partial charge is 0.382 e. The first-order chi connectivity index (χ1) is 4.88. The Balaban J connectivity index is 0.000000605. The summed E-state index contributed by atoms with van der Waals surface area (Å²) in [5.41, 5.74) is 6.78. The maximum atomic E-state index is 5.48. The number of aromatic amines is 1. The number of nitrogens with zero attached hydrogens (tertiary/aromatic N) is 3. The van der Waals surface area contributed by atoms with Crippen LogP contribution in [0.15, 0.2) is 12.7 Å². The van der Waals surface area contributed by atoms with E-state index >= 15 is 0 Å². The molecule has 0 aromatic carbocycles. The molecule has 0 amide bonds. The molecule has 0 aliphatic heterocycles. The van der Waals surface area contributed by atoms with E-state index in [9.17, 15) is 0 Å². The molecule has 2 aromatic heterocycles. The first kappa shape index (κ1) is 11.4. The van der Waals surface area contributed by atoms with Gasteiger partial charge in [0.25, 0.3) is 0 Å². The molecule has 0 fully saturated rings. The Morgan fingerprint density at radius 2 is 2.00 bits per heavy atom. The van der Waals surface area contributed by atoms with Gasteiger partial charge in [-0.3, -0.25) is 0 Å². The van der Waals surface area contributed by atoms with Gasteiger partial charge in [-0.1, -0.05) is 0 Å². The van der Waals surface area contributed by atoms with Crippen molar-refractivity contribution in [2.75, 3.05) is 5.73 Å². The van der Waals surface area contributed by atoms with Crippen LogP contribution in [0.5, 0.6) is 0 Å². The number of hydrogen-bond acceptors (Lipinski definition) is 4. The zero-order valence-corrected chi connectivity index (χ0v) is 7.91. The van der Waals surface area contributed by atoms with Crippen LogP contribution in [0, 0.1) is 0 Å². The molecule has 1 radical (unpaired) electrons. The van der Waals surface area contributed by atoms with Crippen LogP contribution in [0.1, 0.15) is 0 Å². The van der Waals surface area contributed by atoms with Crippen molar-refractivity contribution in [3.8, 4) is 0 Å². The summed E-state index contributed by atoms with van der Waals surface area (Å²) in [7, 11) is 0. The number of hydrogen-bond donors (Lipinski definition) is 2. The molecule has 12 heavy (non-hydrogen) atoms. The van der Waals surface area contributed by atoms with Gasteiger partial charge in [0.15, 0.2) is 11.5 Å². The monoisotopic (exact) mass is 250 g/mol. The first-order valence-corrected chi connectivity index (χ1v) is 2.77. The van der Waals surface area contributed by atoms with E-state index < -0.39 is 0 Å². The molecule has 5 nitrogen and oxygen atoms in total. The van der Waals surface area contributed by atoms with Gasteiger partial charge >= 0.3 is 0 Å². The van der Waals surface area contributed by atoms with Crippen molar-refractivity contribution < 1.29 is 33.8 Å². The molecule has 2 rings (SSSR count). The summed E-state index contributed by atoms with van der Waals surface area (Å²) < 4.78 is 0. The van der Waals surface area contributed by atoms with Gasteiger partial charge < -0.3 is 10.7 Å². The molecule has 0 aliphatic rings. The second-order valence-corrected chi connectivity index (χ2v) is 1.86. The maximum Gasteiger partial charge on any atom is 0.182 e. The van der Waals surface area contributed by atoms with Gasteiger partial charge in [0.2, 0.25) is 0 Å². The average Bonchev–Trinajstić information content (AvgIpc) is 2.36. The number of nitrogen functional groups attached to an aromatic ring is 1. The molecule has 0 spiro atoms. The predicted octanol–water partition coefficient (Wildman–Crippen LogP) is -0.0699. The Morgan fingerprint density at radius 3 is 2.67 bits per heavy atom. The Bertz CT molecular complexity index is 361. The maximum absolute atomic E-state index is 5.48. The fourth-order valence-electron chi connectivity index (χ4n) is 0.784. The van der Waals surface area contributed by atoms with Crippen LogP contribution in [-0.4, -0.2) is 19.9 Å². The Hall–Kier alpha value is -0.624. The van der Waals surface area contributed by atoms with Crippen molar-refractivity contribution >= 4 is 17.0 Å². The summed E-state index contributed by atoms with van der Waals surface area (Å²) in [4.78, 5) is 14.4. The average molecular weight is 250 g/mol. The molecule has 0 aliphatic carbocycles. The molecule has 0 unspecified atom stereocenters. The van der Waals surface area contributed by atoms with Gasteiger partial charge in [-0.05, 0) is 0 Å². The van der Waals surface area contributed by atoms with Crippen LogP contribution in [0.3, 0.4) is 0 Å². The van der Waals surface area contributed by atoms with Crippen LogP contribution in [0.25, 0.3) is 11.2 Å². The molecule has 2 aromatic rings. The number of imidazole rings is 1. The van der Waals surface area contributed by atoms with Crippen molar-refractivity contribution in [3.05, 3.63) is 12.7 Å². The topological polar surface area (TPSA) is 80.5 Å². The fraction of sp³-hybridized carbons (Fsp3) is 0. The predicted molar refractivity (Wildman–Crippen MR) is 36.1 cm³/mol. The summed E-state index contributed by atoms with van der Waals surface area (Å²) in [6.07, 6.45) is 2.92. The van der Waals surface area contributed by atoms with Gasteiger partial charge in [-0.25, -0.2) is 15.0 Å². The molecular weight excluding hydrogens is 245 g/mol. The molecule has 0 saturated heterocycles. The summed E-state index contributed by atoms with van der Waals surface area (Å²) in [5.74, 6) is 0.433. The molecule has 67 valence electrons. The fourth-order valence-corrected chi connectivity index (χ4v) is 0.784. The minimum atomic E-state index is 0. The van der Waals surface area contributed by atoms with Crippen LogP contribution in [-0.2, 0) is 33.8 Å². The van der Waals surface area contributed by atoms with E-state index in [1.54, 1.807) is 0 Å². The van der Waals surface area contributed by atoms with Crippen molar-refractivity contribution in [1.29, 1.82) is 0 Å². The smallest absolute Gasteiger partial charge is 0.182 e. The van der Waals surface area contributed by atoms with E-state index in [1.165, 1.54) is 12.7 Å². The third kappa shape index (κ3) is 1.75. The minimum absolute atomic E-state index is 0. The Labute approximate surface area is 89.2 Å². The van der Waals surface area contributed by atoms with E-state index in [-0.39, 0.29) is 33.8 Å². The number of anilines is 1. The number of fused-ring (bicyclic) bond motifs is 1. The van der Waals surface area contributed by atoms with E-state index in [0.717, 1.165) is 0 Å². The van der Waals surface area contributed by atoms with E-state index in [2.05, 4.69) is 19.9 Å². The quantitative estimate of drug-likeness (QED) is 0.641. The Morgan fingerprint density at radius 1 is 1.25 bits per heavy atom. The van der Waals surface area contributed by atoms with Gasteiger partial charge in [0.05, 0.1) is 6.33 Å². The molecule has 3 N–H and O–H groups in total. The van der Waals surface area contributed by atoms with E-state index in [4.69, 9.17) is 5.73 Å². The zero-order chi connectivity index (χ0) is 6.97. The summed E-state index contributed by atoms with van der Waals surface area (Å²) in [6.45, 7) is 0. The number of nitrogens with one attached hydrogen (secondary N) is 1. The number of nitrogens with two attached hydrogens (primary N) is 1. The van der Waals surface area contributed by atoms with Crippen LogP contribution < -0.4 is 5.73 Å². The normalized spacial score (nSPS) is 8.67. The van der Waals surface area contributed by atoms with Crippen LogP contribution >= 0.6 is 0 Å². The van der Waals surface area contributed by atoms with Gasteiger partial charge in [-0.15, -0.1) is 0 Å². The molecular formula is C5H5CoFeN5. The van der Waals surface area contributed by atoms with Crippen molar-refractivity contribution in [3.63, 3.8) is 0 Å². The van der Waals surface area contributed by atoms with Gasteiger partial charge in [-0.2, -0.15) is 0 Å². The SMILES string of the molecule is Nc1ncnc2nc[nH]c12.[Co].[Fe]. The van der Waals surface area contributed by atoms with Crippen molar-refractivity contribution in [2.45, 2.75) is 0 Å². The second kappa shape index (κ2) is 4.41. The van der Waals surface area contributed by atoms with Crippen molar-refractivity contribution in [2.24, 2.45) is 0 Å². The Kier molecular flexibility index (Phi) is 4.18. The van der Waals surface area contributed by atoms with E-state index in [1.807, 2.05) is 0 Å². The summed E-state index contributed by atoms with van der Waals surface area (Å²) >= 11 is 0. The van der Waals surface area contributed by atoms with Gasteiger partial charge in [0.1, 0.15) is 11.8 Å². The molecule has 0 atom stereocenters. The molecule has 2 heterocycles. The third-order valence-corrected chi connectivity index (χ3v) is 1.25. The molecule has 0 bridgehead atoms. The number of aromatic nitrogens is 4. The van der Waals surface area contributed by atoms with Gasteiger partial charge in [0, 0.05) is 33.8 Å². The van der Waals surface area contributed by atoms with E-state index in [0.29, 0.717) is 17.0 Å². The first-order valence-electron chi connectivity index (χ1n) is 2.77.